The number of aryl methyl sites for hydroxylation is 1. The summed E-state index contributed by atoms with van der Waals surface area (Å²) in [7, 11) is 0. The van der Waals surface area contributed by atoms with E-state index >= 15 is 0 Å². The van der Waals surface area contributed by atoms with E-state index in [1.54, 1.807) is 30.3 Å². The van der Waals surface area contributed by atoms with E-state index in [9.17, 15) is 14.0 Å². The van der Waals surface area contributed by atoms with Gasteiger partial charge in [-0.05, 0) is 36.8 Å². The van der Waals surface area contributed by atoms with E-state index in [0.29, 0.717) is 5.56 Å². The summed E-state index contributed by atoms with van der Waals surface area (Å²) in [6.07, 6.45) is 0. The number of amides is 2. The summed E-state index contributed by atoms with van der Waals surface area (Å²) in [6.45, 7) is 1.90. The lowest BCUT2D eigenvalue weighted by Gasteiger charge is -2.24. The third-order valence-corrected chi connectivity index (χ3v) is 4.74. The van der Waals surface area contributed by atoms with Crippen LogP contribution < -0.4 is 5.43 Å². The second-order valence-corrected chi connectivity index (χ2v) is 6.36. The second-order valence-electron chi connectivity index (χ2n) is 5.29. The normalized spacial score (nSPS) is 17.4. The van der Waals surface area contributed by atoms with Crippen LogP contribution in [0.2, 0.25) is 0 Å². The lowest BCUT2D eigenvalue weighted by Crippen LogP contribution is -2.44. The van der Waals surface area contributed by atoms with E-state index in [1.165, 1.54) is 28.9 Å². The molecule has 1 N–H and O–H groups in total. The quantitative estimate of drug-likeness (QED) is 0.941. The fraction of sp³-hybridized carbons (Fsp3) is 0.176. The number of thioether (sulfide) groups is 1. The molecule has 1 heterocycles. The Morgan fingerprint density at radius 3 is 2.70 bits per heavy atom. The number of carbonyl (C=O) groups is 2. The van der Waals surface area contributed by atoms with Crippen molar-refractivity contribution >= 4 is 23.6 Å². The van der Waals surface area contributed by atoms with Gasteiger partial charge in [-0.3, -0.25) is 15.0 Å². The highest BCUT2D eigenvalue weighted by Gasteiger charge is 2.34. The van der Waals surface area contributed by atoms with Crippen LogP contribution in [0.3, 0.4) is 0 Å². The molecule has 118 valence electrons. The topological polar surface area (TPSA) is 49.4 Å². The van der Waals surface area contributed by atoms with Crippen LogP contribution in [0, 0.1) is 12.7 Å². The van der Waals surface area contributed by atoms with Gasteiger partial charge in [0, 0.05) is 5.56 Å². The van der Waals surface area contributed by atoms with Crippen LogP contribution in [0.4, 0.5) is 4.39 Å². The van der Waals surface area contributed by atoms with E-state index in [0.717, 1.165) is 11.1 Å². The molecule has 0 radical (unpaired) electrons. The van der Waals surface area contributed by atoms with Crippen molar-refractivity contribution < 1.29 is 14.0 Å². The van der Waals surface area contributed by atoms with Crippen molar-refractivity contribution in [1.82, 2.24) is 10.4 Å². The minimum absolute atomic E-state index is 0.176. The highest BCUT2D eigenvalue weighted by Crippen LogP contribution is 2.37. The monoisotopic (exact) mass is 330 g/mol. The predicted octanol–water partition coefficient (Wildman–Crippen LogP) is 3.05. The highest BCUT2D eigenvalue weighted by molar-refractivity contribution is 8.00. The maximum Gasteiger partial charge on any atom is 0.269 e. The van der Waals surface area contributed by atoms with Gasteiger partial charge in [0.1, 0.15) is 11.2 Å². The first-order valence-corrected chi connectivity index (χ1v) is 8.16. The molecule has 0 bridgehead atoms. The minimum atomic E-state index is -0.350. The number of carbonyl (C=O) groups excluding carboxylic acids is 2. The summed E-state index contributed by atoms with van der Waals surface area (Å²) in [5, 5.41) is 0.972. The minimum Gasteiger partial charge on any atom is -0.272 e. The smallest absolute Gasteiger partial charge is 0.269 e. The molecule has 1 aliphatic rings. The molecule has 2 aromatic carbocycles. The Morgan fingerprint density at radius 1 is 1.26 bits per heavy atom. The number of halogens is 1. The van der Waals surface area contributed by atoms with Crippen LogP contribution in [0.5, 0.6) is 0 Å². The summed E-state index contributed by atoms with van der Waals surface area (Å²) in [5.74, 6) is -0.573. The van der Waals surface area contributed by atoms with E-state index < -0.39 is 0 Å². The maximum absolute atomic E-state index is 13.1. The molecular weight excluding hydrogens is 315 g/mol. The summed E-state index contributed by atoms with van der Waals surface area (Å²) < 4.78 is 13.1. The molecule has 4 nitrogen and oxygen atoms in total. The predicted molar refractivity (Wildman–Crippen MR) is 87.1 cm³/mol. The van der Waals surface area contributed by atoms with Crippen LogP contribution in [0.15, 0.2) is 48.5 Å². The molecule has 1 aliphatic heterocycles. The van der Waals surface area contributed by atoms with Gasteiger partial charge in [0.15, 0.2) is 0 Å². The highest BCUT2D eigenvalue weighted by atomic mass is 32.2. The lowest BCUT2D eigenvalue weighted by molar-refractivity contribution is -0.130. The van der Waals surface area contributed by atoms with Gasteiger partial charge in [0.2, 0.25) is 0 Å². The number of hydrazine groups is 1. The molecule has 1 unspecified atom stereocenters. The molecule has 2 amide bonds. The Kier molecular flexibility index (Phi) is 4.34. The zero-order chi connectivity index (χ0) is 16.4. The molecule has 1 atom stereocenters. The molecule has 0 aliphatic carbocycles. The van der Waals surface area contributed by atoms with E-state index in [2.05, 4.69) is 5.43 Å². The number of nitrogens with zero attached hydrogens (tertiary/aromatic N) is 1. The zero-order valence-corrected chi connectivity index (χ0v) is 13.3. The zero-order valence-electron chi connectivity index (χ0n) is 12.5. The fourth-order valence-electron chi connectivity index (χ4n) is 2.38. The maximum atomic E-state index is 13.1. The van der Waals surface area contributed by atoms with Gasteiger partial charge < -0.3 is 0 Å². The van der Waals surface area contributed by atoms with E-state index in [4.69, 9.17) is 0 Å². The molecule has 2 aromatic rings. The van der Waals surface area contributed by atoms with Gasteiger partial charge in [-0.2, -0.15) is 0 Å². The first kappa shape index (κ1) is 15.6. The Morgan fingerprint density at radius 2 is 2.00 bits per heavy atom. The van der Waals surface area contributed by atoms with Crippen molar-refractivity contribution in [3.63, 3.8) is 0 Å². The summed E-state index contributed by atoms with van der Waals surface area (Å²) in [4.78, 5) is 24.4. The van der Waals surface area contributed by atoms with Gasteiger partial charge in [-0.1, -0.05) is 29.8 Å². The molecule has 0 saturated carbocycles. The second kappa shape index (κ2) is 6.42. The molecule has 23 heavy (non-hydrogen) atoms. The molecule has 3 rings (SSSR count). The number of nitrogens with one attached hydrogen (secondary N) is 1. The fourth-order valence-corrected chi connectivity index (χ4v) is 3.49. The third-order valence-electron chi connectivity index (χ3n) is 3.53. The SMILES string of the molecule is Cc1cccc(C(=O)NN2C(=O)CSC2c2ccc(F)cc2)c1. The Bertz CT molecular complexity index is 749. The van der Waals surface area contributed by atoms with E-state index in [-0.39, 0.29) is 28.8 Å². The first-order chi connectivity index (χ1) is 11.0. The van der Waals surface area contributed by atoms with Gasteiger partial charge in [-0.15, -0.1) is 11.8 Å². The summed E-state index contributed by atoms with van der Waals surface area (Å²) in [6, 6.07) is 13.1. The van der Waals surface area contributed by atoms with Gasteiger partial charge in [0.05, 0.1) is 5.75 Å². The van der Waals surface area contributed by atoms with Gasteiger partial charge >= 0.3 is 0 Å². The van der Waals surface area contributed by atoms with Gasteiger partial charge in [0.25, 0.3) is 11.8 Å². The van der Waals surface area contributed by atoms with Crippen molar-refractivity contribution in [2.24, 2.45) is 0 Å². The van der Waals surface area contributed by atoms with Crippen LogP contribution in [0.25, 0.3) is 0 Å². The molecule has 6 heteroatoms. The van der Waals surface area contributed by atoms with Gasteiger partial charge in [-0.25, -0.2) is 9.40 Å². The average Bonchev–Trinajstić information content (AvgIpc) is 2.89. The standard InChI is InChI=1S/C17H15FN2O2S/c1-11-3-2-4-13(9-11)16(22)19-20-15(21)10-23-17(20)12-5-7-14(18)8-6-12/h2-9,17H,10H2,1H3,(H,19,22). The van der Waals surface area contributed by atoms with Crippen molar-refractivity contribution in [3.8, 4) is 0 Å². The van der Waals surface area contributed by atoms with Crippen LogP contribution in [-0.2, 0) is 4.79 Å². The summed E-state index contributed by atoms with van der Waals surface area (Å²) >= 11 is 1.40. The Labute approximate surface area is 137 Å². The molecule has 1 saturated heterocycles. The Hall–Kier alpha value is -2.34. The van der Waals surface area contributed by atoms with Crippen molar-refractivity contribution in [2.75, 3.05) is 5.75 Å². The third kappa shape index (κ3) is 3.37. The largest absolute Gasteiger partial charge is 0.272 e. The van der Waals surface area contributed by atoms with Crippen LogP contribution in [-0.4, -0.2) is 22.6 Å². The number of rotatable bonds is 3. The summed E-state index contributed by atoms with van der Waals surface area (Å²) in [5.41, 5.74) is 4.90. The Balaban J connectivity index is 1.80. The van der Waals surface area contributed by atoms with Crippen LogP contribution in [0.1, 0.15) is 26.9 Å². The molecular formula is C17H15FN2O2S. The number of hydrogen-bond donors (Lipinski definition) is 1. The molecule has 0 aromatic heterocycles. The average molecular weight is 330 g/mol. The molecule has 1 fully saturated rings. The van der Waals surface area contributed by atoms with Crippen molar-refractivity contribution in [2.45, 2.75) is 12.3 Å². The molecule has 0 spiro atoms. The number of hydrogen-bond acceptors (Lipinski definition) is 3. The first-order valence-electron chi connectivity index (χ1n) is 7.11. The van der Waals surface area contributed by atoms with Crippen molar-refractivity contribution in [3.05, 3.63) is 71.0 Å². The van der Waals surface area contributed by atoms with Crippen molar-refractivity contribution in [1.29, 1.82) is 0 Å². The van der Waals surface area contributed by atoms with E-state index in [1.807, 2.05) is 13.0 Å². The lowest BCUT2D eigenvalue weighted by atomic mass is 10.1. The van der Waals surface area contributed by atoms with Crippen LogP contribution >= 0.6 is 11.8 Å². The number of benzene rings is 2.